The second-order valence-corrected chi connectivity index (χ2v) is 8.55. The van der Waals surface area contributed by atoms with Gasteiger partial charge in [0.2, 0.25) is 0 Å². The predicted molar refractivity (Wildman–Crippen MR) is 115 cm³/mol. The number of hydrogen-bond acceptors (Lipinski definition) is 3. The lowest BCUT2D eigenvalue weighted by atomic mass is 10.1. The van der Waals surface area contributed by atoms with Crippen LogP contribution in [0, 0.1) is 5.82 Å². The summed E-state index contributed by atoms with van der Waals surface area (Å²) in [6.07, 6.45) is 1.55. The molecule has 1 aliphatic rings. The van der Waals surface area contributed by atoms with Crippen LogP contribution in [0.1, 0.15) is 26.4 Å². The van der Waals surface area contributed by atoms with E-state index in [4.69, 9.17) is 23.2 Å². The number of nitrogens with one attached hydrogen (secondary N) is 1. The number of H-pyrrole nitrogens is 1. The van der Waals surface area contributed by atoms with Gasteiger partial charge < -0.3 is 4.98 Å². The van der Waals surface area contributed by atoms with Crippen LogP contribution in [0.2, 0.25) is 10.0 Å². The Hall–Kier alpha value is -2.73. The topological polar surface area (TPSA) is 49.9 Å². The van der Waals surface area contributed by atoms with Gasteiger partial charge in [0, 0.05) is 21.7 Å². The predicted octanol–water partition coefficient (Wildman–Crippen LogP) is 6.80. The van der Waals surface area contributed by atoms with Crippen molar-refractivity contribution in [2.45, 2.75) is 0 Å². The summed E-state index contributed by atoms with van der Waals surface area (Å²) in [5.41, 5.74) is 3.06. The Morgan fingerprint density at radius 3 is 2.10 bits per heavy atom. The van der Waals surface area contributed by atoms with Crippen LogP contribution in [0.5, 0.6) is 0 Å². The van der Waals surface area contributed by atoms with E-state index in [0.717, 1.165) is 20.7 Å². The molecule has 142 valence electrons. The molecule has 0 saturated carbocycles. The minimum Gasteiger partial charge on any atom is -0.354 e. The standard InChI is InChI=1S/C22H10Cl2FNO2S/c23-16-7-13-14(8-17(16)24)22(28)15(21(13)27)5-12-6-20-18(26-12)9-19(29-20)10-1-3-11(25)4-2-10/h1-9,26H. The molecule has 5 rings (SSSR count). The molecule has 0 aliphatic heterocycles. The number of ketones is 2. The van der Waals surface area contributed by atoms with E-state index in [1.54, 1.807) is 29.5 Å². The monoisotopic (exact) mass is 441 g/mol. The third-order valence-corrected chi connectivity index (χ3v) is 6.65. The highest BCUT2D eigenvalue weighted by Crippen LogP contribution is 2.36. The molecule has 1 aliphatic carbocycles. The van der Waals surface area contributed by atoms with E-state index >= 15 is 0 Å². The zero-order valence-corrected chi connectivity index (χ0v) is 16.9. The van der Waals surface area contributed by atoms with Gasteiger partial charge in [0.15, 0.2) is 11.6 Å². The van der Waals surface area contributed by atoms with Crippen LogP contribution < -0.4 is 0 Å². The molecule has 0 saturated heterocycles. The Balaban J connectivity index is 1.51. The number of halogens is 3. The van der Waals surface area contributed by atoms with Crippen molar-refractivity contribution in [3.8, 4) is 10.4 Å². The van der Waals surface area contributed by atoms with Gasteiger partial charge in [-0.1, -0.05) is 35.3 Å². The lowest BCUT2D eigenvalue weighted by Gasteiger charge is -1.98. The second kappa shape index (κ2) is 6.66. The van der Waals surface area contributed by atoms with Crippen LogP contribution in [-0.4, -0.2) is 16.6 Å². The highest BCUT2D eigenvalue weighted by Gasteiger charge is 2.34. The van der Waals surface area contributed by atoms with E-state index in [2.05, 4.69) is 4.98 Å². The summed E-state index contributed by atoms with van der Waals surface area (Å²) in [5, 5.41) is 0.475. The number of carbonyl (C=O) groups is 2. The SMILES string of the molecule is O=C1C(=Cc2cc3sc(-c4ccc(F)cc4)cc3[nH]2)C(=O)c2cc(Cl)c(Cl)cc21. The summed E-state index contributed by atoms with van der Waals surface area (Å²) >= 11 is 13.5. The van der Waals surface area contributed by atoms with Crippen molar-refractivity contribution in [1.82, 2.24) is 4.98 Å². The first-order valence-corrected chi connectivity index (χ1v) is 10.2. The van der Waals surface area contributed by atoms with Crippen LogP contribution in [0.25, 0.3) is 26.7 Å². The summed E-state index contributed by atoms with van der Waals surface area (Å²) < 4.78 is 14.1. The second-order valence-electron chi connectivity index (χ2n) is 6.65. The van der Waals surface area contributed by atoms with Gasteiger partial charge in [-0.25, -0.2) is 4.39 Å². The van der Waals surface area contributed by atoms with Gasteiger partial charge in [-0.15, -0.1) is 11.3 Å². The Bertz CT molecular complexity index is 1290. The van der Waals surface area contributed by atoms with Gasteiger partial charge in [0.1, 0.15) is 5.82 Å². The van der Waals surface area contributed by atoms with E-state index in [0.29, 0.717) is 5.69 Å². The van der Waals surface area contributed by atoms with Gasteiger partial charge in [0.05, 0.1) is 25.8 Å². The van der Waals surface area contributed by atoms with Crippen molar-refractivity contribution in [3.63, 3.8) is 0 Å². The number of hydrogen-bond donors (Lipinski definition) is 1. The number of carbonyl (C=O) groups excluding carboxylic acids is 2. The summed E-state index contributed by atoms with van der Waals surface area (Å²) in [7, 11) is 0. The van der Waals surface area contributed by atoms with E-state index < -0.39 is 0 Å². The molecule has 0 amide bonds. The number of thiophene rings is 1. The first-order valence-electron chi connectivity index (χ1n) is 8.59. The minimum atomic E-state index is -0.367. The fourth-order valence-electron chi connectivity index (χ4n) is 3.38. The van der Waals surface area contributed by atoms with Crippen LogP contribution >= 0.6 is 34.5 Å². The number of aromatic amines is 1. The summed E-state index contributed by atoms with van der Waals surface area (Å²) in [6, 6.07) is 13.0. The molecule has 7 heteroatoms. The molecule has 3 nitrogen and oxygen atoms in total. The van der Waals surface area contributed by atoms with Crippen molar-refractivity contribution in [3.05, 3.63) is 86.8 Å². The molecule has 0 radical (unpaired) electrons. The van der Waals surface area contributed by atoms with Gasteiger partial charge in [-0.2, -0.15) is 0 Å². The number of Topliss-reactive ketones (excluding diaryl/α,β-unsaturated/α-hetero) is 2. The zero-order chi connectivity index (χ0) is 20.3. The van der Waals surface area contributed by atoms with Crippen molar-refractivity contribution in [1.29, 1.82) is 0 Å². The molecule has 2 aromatic carbocycles. The van der Waals surface area contributed by atoms with Crippen molar-refractivity contribution in [2.75, 3.05) is 0 Å². The number of fused-ring (bicyclic) bond motifs is 2. The first kappa shape index (κ1) is 18.3. The highest BCUT2D eigenvalue weighted by atomic mass is 35.5. The molecule has 1 N–H and O–H groups in total. The van der Waals surface area contributed by atoms with Crippen LogP contribution in [0.3, 0.4) is 0 Å². The van der Waals surface area contributed by atoms with E-state index in [9.17, 15) is 14.0 Å². The molecule has 29 heavy (non-hydrogen) atoms. The Kier molecular flexibility index (Phi) is 4.21. The maximum atomic E-state index is 13.1. The normalized spacial score (nSPS) is 13.4. The number of rotatable bonds is 2. The van der Waals surface area contributed by atoms with E-state index in [-0.39, 0.29) is 44.1 Å². The molecule has 0 bridgehead atoms. The molecule has 2 aromatic heterocycles. The third-order valence-electron chi connectivity index (χ3n) is 4.79. The quantitative estimate of drug-likeness (QED) is 0.274. The average Bonchev–Trinajstić information content (AvgIpc) is 3.31. The molecule has 0 spiro atoms. The van der Waals surface area contributed by atoms with Crippen molar-refractivity contribution < 1.29 is 14.0 Å². The van der Waals surface area contributed by atoms with Crippen molar-refractivity contribution in [2.24, 2.45) is 0 Å². The molecule has 0 unspecified atom stereocenters. The third kappa shape index (κ3) is 3.02. The molecular formula is C22H10Cl2FNO2S. The van der Waals surface area contributed by atoms with Gasteiger partial charge in [-0.3, -0.25) is 9.59 Å². The largest absolute Gasteiger partial charge is 0.354 e. The summed E-state index contributed by atoms with van der Waals surface area (Å²) in [4.78, 5) is 29.5. The van der Waals surface area contributed by atoms with Crippen LogP contribution in [0.15, 0.2) is 54.1 Å². The lowest BCUT2D eigenvalue weighted by molar-refractivity contribution is 0.0990. The highest BCUT2D eigenvalue weighted by molar-refractivity contribution is 7.22. The summed E-state index contributed by atoms with van der Waals surface area (Å²) in [6.45, 7) is 0. The smallest absolute Gasteiger partial charge is 0.197 e. The fourth-order valence-corrected chi connectivity index (χ4v) is 4.78. The summed E-state index contributed by atoms with van der Waals surface area (Å²) in [5.74, 6) is -1.01. The Morgan fingerprint density at radius 2 is 1.52 bits per heavy atom. The number of aromatic nitrogens is 1. The molecule has 0 atom stereocenters. The molecular weight excluding hydrogens is 432 g/mol. The number of benzene rings is 2. The first-order chi connectivity index (χ1) is 13.9. The lowest BCUT2D eigenvalue weighted by Crippen LogP contribution is -2.00. The Morgan fingerprint density at radius 1 is 0.897 bits per heavy atom. The maximum Gasteiger partial charge on any atom is 0.197 e. The van der Waals surface area contributed by atoms with Crippen LogP contribution in [0.4, 0.5) is 4.39 Å². The van der Waals surface area contributed by atoms with E-state index in [1.165, 1.54) is 24.3 Å². The maximum absolute atomic E-state index is 13.1. The molecule has 0 fully saturated rings. The van der Waals surface area contributed by atoms with Gasteiger partial charge in [-0.05, 0) is 48.0 Å². The van der Waals surface area contributed by atoms with Gasteiger partial charge in [0.25, 0.3) is 0 Å². The Labute approximate surface area is 178 Å². The van der Waals surface area contributed by atoms with Crippen LogP contribution in [-0.2, 0) is 0 Å². The molecule has 4 aromatic rings. The number of allylic oxidation sites excluding steroid dienone is 1. The average molecular weight is 442 g/mol. The zero-order valence-electron chi connectivity index (χ0n) is 14.6. The van der Waals surface area contributed by atoms with Crippen molar-refractivity contribution >= 4 is 62.4 Å². The fraction of sp³-hybridized carbons (Fsp3) is 0. The van der Waals surface area contributed by atoms with E-state index in [1.807, 2.05) is 12.1 Å². The minimum absolute atomic E-state index is 0.0750. The molecule has 2 heterocycles. The van der Waals surface area contributed by atoms with Gasteiger partial charge >= 0.3 is 0 Å².